The van der Waals surface area contributed by atoms with Gasteiger partial charge in [0.15, 0.2) is 23.0 Å². The lowest BCUT2D eigenvalue weighted by atomic mass is 9.97. The summed E-state index contributed by atoms with van der Waals surface area (Å²) in [6.07, 6.45) is 3.55. The van der Waals surface area contributed by atoms with E-state index in [9.17, 15) is 19.2 Å². The van der Waals surface area contributed by atoms with Crippen LogP contribution in [0, 0.1) is 5.41 Å². The number of carbonyl (C=O) groups excluding carboxylic acids is 4. The minimum atomic E-state index is -0.577. The topological polar surface area (TPSA) is 148 Å². The molecule has 6 rings (SSSR count). The maximum atomic E-state index is 12.4. The van der Waals surface area contributed by atoms with Gasteiger partial charge in [0.2, 0.25) is 0 Å². The number of hydrogen-bond acceptors (Lipinski definition) is 10. The number of nitrogens with one attached hydrogen (secondary N) is 2. The predicted molar refractivity (Wildman–Crippen MR) is 201 cm³/mol. The monoisotopic (exact) mass is 720 g/mol. The zero-order valence-electron chi connectivity index (χ0n) is 30.7. The van der Waals surface area contributed by atoms with Crippen LogP contribution in [0.5, 0.6) is 34.5 Å². The summed E-state index contributed by atoms with van der Waals surface area (Å²) in [6, 6.07) is 20.9. The first-order chi connectivity index (χ1) is 25.2. The number of hydrogen-bond donors (Lipinski definition) is 2. The maximum absolute atomic E-state index is 12.4. The Hall–Kier alpha value is -6.56. The molecule has 0 saturated carbocycles. The molecule has 0 fully saturated rings. The SMILES string of the molecule is COc1cc2c(cc1OC)/C(=C\c1ccc(OC(=O)C(C)(C)C)cc1)C(=O)N2.COc1cc2c(cc1OC)/C(=C\c1ccc(OC(C)=O)cc1)C(=O)N2. The Morgan fingerprint density at radius 2 is 0.925 bits per heavy atom. The summed E-state index contributed by atoms with van der Waals surface area (Å²) in [5.74, 6) is 2.04. The maximum Gasteiger partial charge on any atom is 0.316 e. The predicted octanol–water partition coefficient (Wildman–Crippen LogP) is 7.27. The van der Waals surface area contributed by atoms with E-state index in [-0.39, 0.29) is 23.8 Å². The van der Waals surface area contributed by atoms with Crippen molar-refractivity contribution in [2.75, 3.05) is 39.1 Å². The highest BCUT2D eigenvalue weighted by atomic mass is 16.5. The molecule has 0 saturated heterocycles. The molecule has 274 valence electrons. The first kappa shape index (κ1) is 37.7. The Labute approximate surface area is 307 Å². The van der Waals surface area contributed by atoms with Crippen LogP contribution in [-0.4, -0.2) is 52.2 Å². The normalized spacial score (nSPS) is 14.3. The number of anilines is 2. The highest BCUT2D eigenvalue weighted by molar-refractivity contribution is 6.35. The van der Waals surface area contributed by atoms with Gasteiger partial charge in [0.25, 0.3) is 11.8 Å². The van der Waals surface area contributed by atoms with E-state index in [4.69, 9.17) is 28.4 Å². The lowest BCUT2D eigenvalue weighted by Crippen LogP contribution is -2.25. The summed E-state index contributed by atoms with van der Waals surface area (Å²) >= 11 is 0. The van der Waals surface area contributed by atoms with E-state index in [1.165, 1.54) is 6.92 Å². The smallest absolute Gasteiger partial charge is 0.316 e. The fourth-order valence-electron chi connectivity index (χ4n) is 5.34. The van der Waals surface area contributed by atoms with E-state index in [0.717, 1.165) is 22.3 Å². The number of methoxy groups -OCH3 is 4. The van der Waals surface area contributed by atoms with Crippen LogP contribution in [-0.2, 0) is 19.2 Å². The number of benzene rings is 4. The number of ether oxygens (including phenoxy) is 6. The molecule has 0 aliphatic carbocycles. The van der Waals surface area contributed by atoms with Gasteiger partial charge in [-0.05, 0) is 80.4 Å². The van der Waals surface area contributed by atoms with Gasteiger partial charge < -0.3 is 39.1 Å². The molecule has 0 bridgehead atoms. The minimum Gasteiger partial charge on any atom is -0.493 e. The Kier molecular flexibility index (Phi) is 11.2. The summed E-state index contributed by atoms with van der Waals surface area (Å²) < 4.78 is 31.6. The molecule has 12 nitrogen and oxygen atoms in total. The largest absolute Gasteiger partial charge is 0.493 e. The van der Waals surface area contributed by atoms with Gasteiger partial charge in [0, 0.05) is 41.3 Å². The summed E-state index contributed by atoms with van der Waals surface area (Å²) in [6.45, 7) is 6.74. The molecule has 2 aliphatic heterocycles. The molecule has 0 radical (unpaired) electrons. The van der Waals surface area contributed by atoms with Crippen LogP contribution in [0.3, 0.4) is 0 Å². The average Bonchev–Trinajstić information content (AvgIpc) is 3.60. The highest BCUT2D eigenvalue weighted by Gasteiger charge is 2.28. The van der Waals surface area contributed by atoms with Crippen LogP contribution in [0.15, 0.2) is 72.8 Å². The third kappa shape index (κ3) is 8.67. The number of carbonyl (C=O) groups is 4. The second-order valence-electron chi connectivity index (χ2n) is 12.9. The molecule has 0 atom stereocenters. The van der Waals surface area contributed by atoms with Crippen LogP contribution < -0.4 is 39.1 Å². The van der Waals surface area contributed by atoms with Crippen LogP contribution in [0.1, 0.15) is 49.9 Å². The third-order valence-electron chi connectivity index (χ3n) is 8.08. The van der Waals surface area contributed by atoms with Gasteiger partial charge in [-0.25, -0.2) is 0 Å². The highest BCUT2D eigenvalue weighted by Crippen LogP contribution is 2.42. The van der Waals surface area contributed by atoms with Gasteiger partial charge in [0.1, 0.15) is 11.5 Å². The molecule has 4 aromatic rings. The fourth-order valence-corrected chi connectivity index (χ4v) is 5.34. The van der Waals surface area contributed by atoms with Gasteiger partial charge in [0.05, 0.1) is 45.2 Å². The lowest BCUT2D eigenvalue weighted by Gasteiger charge is -2.16. The Morgan fingerprint density at radius 1 is 0.566 bits per heavy atom. The van der Waals surface area contributed by atoms with Crippen molar-refractivity contribution < 1.29 is 47.6 Å². The number of rotatable bonds is 8. The van der Waals surface area contributed by atoms with Crippen molar-refractivity contribution in [1.29, 1.82) is 0 Å². The average molecular weight is 721 g/mol. The fraction of sp³-hybridized carbons (Fsp3) is 0.220. The first-order valence-corrected chi connectivity index (χ1v) is 16.4. The van der Waals surface area contributed by atoms with Crippen molar-refractivity contribution in [1.82, 2.24) is 0 Å². The number of amides is 2. The van der Waals surface area contributed by atoms with E-state index in [0.29, 0.717) is 57.0 Å². The lowest BCUT2D eigenvalue weighted by molar-refractivity contribution is -0.143. The van der Waals surface area contributed by atoms with Crippen molar-refractivity contribution in [2.24, 2.45) is 5.41 Å². The van der Waals surface area contributed by atoms with Crippen LogP contribution in [0.4, 0.5) is 11.4 Å². The van der Waals surface area contributed by atoms with Crippen molar-refractivity contribution in [3.8, 4) is 34.5 Å². The number of esters is 2. The molecule has 53 heavy (non-hydrogen) atoms. The van der Waals surface area contributed by atoms with Crippen LogP contribution in [0.2, 0.25) is 0 Å². The second kappa shape index (κ2) is 15.8. The molecule has 2 amide bonds. The Balaban J connectivity index is 0.000000206. The number of fused-ring (bicyclic) bond motifs is 2. The third-order valence-corrected chi connectivity index (χ3v) is 8.08. The summed E-state index contributed by atoms with van der Waals surface area (Å²) in [5.41, 5.74) is 4.91. The van der Waals surface area contributed by atoms with E-state index < -0.39 is 5.41 Å². The zero-order chi connectivity index (χ0) is 38.4. The van der Waals surface area contributed by atoms with Crippen molar-refractivity contribution in [3.05, 3.63) is 95.1 Å². The second-order valence-corrected chi connectivity index (χ2v) is 12.9. The molecular formula is C41H40N2O10. The summed E-state index contributed by atoms with van der Waals surface area (Å²) in [5, 5.41) is 5.65. The molecular weight excluding hydrogens is 680 g/mol. The van der Waals surface area contributed by atoms with E-state index in [2.05, 4.69) is 10.6 Å². The standard InChI is InChI=1S/C22H23NO5.C19H17NO5/c1-22(2,3)21(25)28-14-8-6-13(7-9-14)10-16-15-11-18(26-4)19(27-5)12-17(15)23-20(16)24;1-11(21)25-13-6-4-12(5-7-13)8-15-14-9-17(23-2)18(24-3)10-16(14)20-19(15)22/h6-12H,1-5H3,(H,23,24);4-10H,1-3H3,(H,20,22)/b16-10+;15-8+. The van der Waals surface area contributed by atoms with Crippen molar-refractivity contribution in [2.45, 2.75) is 27.7 Å². The van der Waals surface area contributed by atoms with E-state index in [1.807, 2.05) is 0 Å². The van der Waals surface area contributed by atoms with Gasteiger partial charge >= 0.3 is 11.9 Å². The molecule has 2 heterocycles. The Bertz CT molecular complexity index is 2130. The molecule has 2 N–H and O–H groups in total. The van der Waals surface area contributed by atoms with Gasteiger partial charge in [-0.3, -0.25) is 19.2 Å². The molecule has 2 aliphatic rings. The van der Waals surface area contributed by atoms with Crippen LogP contribution in [0.25, 0.3) is 23.3 Å². The van der Waals surface area contributed by atoms with Gasteiger partial charge in [-0.15, -0.1) is 0 Å². The molecule has 0 unspecified atom stereocenters. The van der Waals surface area contributed by atoms with Crippen molar-refractivity contribution >= 4 is 58.4 Å². The first-order valence-electron chi connectivity index (χ1n) is 16.4. The molecule has 12 heteroatoms. The zero-order valence-corrected chi connectivity index (χ0v) is 30.7. The summed E-state index contributed by atoms with van der Waals surface area (Å²) in [7, 11) is 6.19. The summed E-state index contributed by atoms with van der Waals surface area (Å²) in [4.78, 5) is 47.7. The van der Waals surface area contributed by atoms with Crippen LogP contribution >= 0.6 is 0 Å². The van der Waals surface area contributed by atoms with E-state index >= 15 is 0 Å². The molecule has 4 aromatic carbocycles. The minimum absolute atomic E-state index is 0.200. The molecule has 0 aromatic heterocycles. The van der Waals surface area contributed by atoms with Gasteiger partial charge in [-0.1, -0.05) is 24.3 Å². The van der Waals surface area contributed by atoms with E-state index in [1.54, 1.807) is 134 Å². The quantitative estimate of drug-likeness (QED) is 0.108. The molecule has 0 spiro atoms. The Morgan fingerprint density at radius 3 is 1.26 bits per heavy atom. The van der Waals surface area contributed by atoms with Crippen molar-refractivity contribution in [3.63, 3.8) is 0 Å². The van der Waals surface area contributed by atoms with Gasteiger partial charge in [-0.2, -0.15) is 0 Å².